The van der Waals surface area contributed by atoms with Crippen molar-refractivity contribution in [2.45, 2.75) is 56.6 Å². The standard InChI is InChI=1S/C25H36N10O6S/c1-13-20-19(14(2)29-17(36)11-34-12-28-30-31-34)24(39)35(20)21(25(40)41)22(13)42-15-9-16(27-10-15)23(38)33-7-5-32(6-8-33)18(37)3-4-26/h12-16,19-20,27H,3-11,26H2,1-2H3,(H,29,36)(H,40,41)/t13-,14?,15+,16+,19-,20-/m1/s1. The highest BCUT2D eigenvalue weighted by atomic mass is 32.2. The first kappa shape index (κ1) is 29.9. The van der Waals surface area contributed by atoms with Crippen molar-refractivity contribution in [2.24, 2.45) is 17.6 Å². The Kier molecular flexibility index (Phi) is 8.79. The second-order valence-corrected chi connectivity index (χ2v) is 12.4. The van der Waals surface area contributed by atoms with E-state index in [1.54, 1.807) is 16.7 Å². The normalized spacial score (nSPS) is 28.0. The van der Waals surface area contributed by atoms with E-state index in [0.717, 1.165) is 0 Å². The van der Waals surface area contributed by atoms with Crippen molar-refractivity contribution in [3.8, 4) is 0 Å². The number of thioether (sulfide) groups is 1. The molecule has 4 aliphatic rings. The fraction of sp³-hybridized carbons (Fsp3) is 0.680. The van der Waals surface area contributed by atoms with E-state index in [1.165, 1.54) is 27.7 Å². The van der Waals surface area contributed by atoms with Gasteiger partial charge in [0.1, 0.15) is 18.6 Å². The first-order valence-electron chi connectivity index (χ1n) is 14.1. The van der Waals surface area contributed by atoms with Crippen molar-refractivity contribution in [3.05, 3.63) is 16.9 Å². The van der Waals surface area contributed by atoms with Gasteiger partial charge in [-0.05, 0) is 23.8 Å². The number of tetrazole rings is 1. The lowest BCUT2D eigenvalue weighted by molar-refractivity contribution is -0.158. The predicted molar refractivity (Wildman–Crippen MR) is 148 cm³/mol. The number of aliphatic carboxylic acids is 1. The maximum Gasteiger partial charge on any atom is 0.353 e. The summed E-state index contributed by atoms with van der Waals surface area (Å²) >= 11 is 1.41. The lowest BCUT2D eigenvalue weighted by Crippen LogP contribution is -2.66. The van der Waals surface area contributed by atoms with Crippen LogP contribution in [0.5, 0.6) is 0 Å². The summed E-state index contributed by atoms with van der Waals surface area (Å²) in [6, 6.07) is -1.31. The molecule has 0 spiro atoms. The molecule has 5 heterocycles. The summed E-state index contributed by atoms with van der Waals surface area (Å²) in [7, 11) is 0. The second kappa shape index (κ2) is 12.3. The van der Waals surface area contributed by atoms with Crippen LogP contribution in [0.15, 0.2) is 16.9 Å². The summed E-state index contributed by atoms with van der Waals surface area (Å²) in [5.41, 5.74) is 5.47. The van der Waals surface area contributed by atoms with Crippen LogP contribution in [0.3, 0.4) is 0 Å². The monoisotopic (exact) mass is 604 g/mol. The molecule has 17 heteroatoms. The molecule has 0 bridgehead atoms. The Labute approximate surface area is 246 Å². The van der Waals surface area contributed by atoms with Gasteiger partial charge >= 0.3 is 5.97 Å². The van der Waals surface area contributed by atoms with Gasteiger partial charge in [0, 0.05) is 67.8 Å². The Morgan fingerprint density at radius 1 is 1.21 bits per heavy atom. The zero-order valence-electron chi connectivity index (χ0n) is 23.5. The minimum absolute atomic E-state index is 0.000202. The zero-order chi connectivity index (χ0) is 30.1. The Morgan fingerprint density at radius 3 is 2.57 bits per heavy atom. The van der Waals surface area contributed by atoms with Gasteiger partial charge < -0.3 is 36.2 Å². The number of carboxylic acids is 1. The van der Waals surface area contributed by atoms with E-state index < -0.39 is 24.0 Å². The van der Waals surface area contributed by atoms with Crippen LogP contribution < -0.4 is 16.4 Å². The molecule has 3 saturated heterocycles. The Hall–Kier alpha value is -3.57. The van der Waals surface area contributed by atoms with Crippen LogP contribution in [-0.2, 0) is 30.5 Å². The largest absolute Gasteiger partial charge is 0.477 e. The second-order valence-electron chi connectivity index (χ2n) is 11.1. The van der Waals surface area contributed by atoms with Gasteiger partial charge in [-0.1, -0.05) is 6.92 Å². The number of fused-ring (bicyclic) bond motifs is 1. The van der Waals surface area contributed by atoms with Gasteiger partial charge in [0.25, 0.3) is 0 Å². The van der Waals surface area contributed by atoms with E-state index in [1.807, 2.05) is 6.92 Å². The van der Waals surface area contributed by atoms with E-state index in [4.69, 9.17) is 5.73 Å². The summed E-state index contributed by atoms with van der Waals surface area (Å²) in [6.45, 7) is 6.23. The van der Waals surface area contributed by atoms with E-state index >= 15 is 0 Å². The predicted octanol–water partition coefficient (Wildman–Crippen LogP) is -2.57. The molecule has 0 aliphatic carbocycles. The highest BCUT2D eigenvalue weighted by molar-refractivity contribution is 8.03. The lowest BCUT2D eigenvalue weighted by Gasteiger charge is -2.47. The van der Waals surface area contributed by atoms with Gasteiger partial charge in [0.2, 0.25) is 23.6 Å². The molecule has 1 aromatic rings. The highest BCUT2D eigenvalue weighted by Crippen LogP contribution is 2.51. The number of carboxylic acid groups (broad SMARTS) is 1. The Morgan fingerprint density at radius 2 is 1.93 bits per heavy atom. The average Bonchev–Trinajstić information content (AvgIpc) is 3.69. The van der Waals surface area contributed by atoms with Gasteiger partial charge in [0.15, 0.2) is 0 Å². The van der Waals surface area contributed by atoms with Crippen molar-refractivity contribution < 1.29 is 29.1 Å². The van der Waals surface area contributed by atoms with Crippen LogP contribution in [0.1, 0.15) is 26.7 Å². The molecule has 0 radical (unpaired) electrons. The maximum atomic E-state index is 13.2. The number of nitrogens with one attached hydrogen (secondary N) is 2. The van der Waals surface area contributed by atoms with Crippen molar-refractivity contribution in [3.63, 3.8) is 0 Å². The minimum Gasteiger partial charge on any atom is -0.477 e. The van der Waals surface area contributed by atoms with Gasteiger partial charge in [-0.25, -0.2) is 9.48 Å². The van der Waals surface area contributed by atoms with Crippen LogP contribution in [-0.4, -0.2) is 132 Å². The van der Waals surface area contributed by atoms with Crippen LogP contribution in [0, 0.1) is 11.8 Å². The summed E-state index contributed by atoms with van der Waals surface area (Å²) in [5.74, 6) is -2.72. The summed E-state index contributed by atoms with van der Waals surface area (Å²) in [6.07, 6.45) is 2.13. The van der Waals surface area contributed by atoms with Crippen LogP contribution in [0.4, 0.5) is 0 Å². The van der Waals surface area contributed by atoms with E-state index in [2.05, 4.69) is 26.2 Å². The zero-order valence-corrected chi connectivity index (χ0v) is 24.3. The van der Waals surface area contributed by atoms with Gasteiger partial charge in [-0.2, -0.15) is 0 Å². The van der Waals surface area contributed by atoms with Gasteiger partial charge in [-0.15, -0.1) is 16.9 Å². The summed E-state index contributed by atoms with van der Waals surface area (Å²) in [4.78, 5) is 68.7. The van der Waals surface area contributed by atoms with Gasteiger partial charge in [0.05, 0.1) is 18.0 Å². The lowest BCUT2D eigenvalue weighted by atomic mass is 9.78. The molecule has 228 valence electrons. The van der Waals surface area contributed by atoms with Crippen molar-refractivity contribution in [1.29, 1.82) is 0 Å². The topological polar surface area (TPSA) is 209 Å². The molecule has 1 aromatic heterocycles. The number of amides is 4. The van der Waals surface area contributed by atoms with E-state index in [0.29, 0.717) is 57.0 Å². The summed E-state index contributed by atoms with van der Waals surface area (Å²) < 4.78 is 1.27. The molecule has 42 heavy (non-hydrogen) atoms. The molecular weight excluding hydrogens is 568 g/mol. The van der Waals surface area contributed by atoms with Crippen molar-refractivity contribution in [2.75, 3.05) is 39.3 Å². The molecule has 0 aromatic carbocycles. The SMILES string of the molecule is CC(NC(=O)Cn1cnnn1)[C@H]1C(=O)N2C(C(=O)O)=C(S[C@@H]3CN[C@H](C(=O)N4CCN(C(=O)CCN)CC4)C3)[C@H](C)[C@H]12. The van der Waals surface area contributed by atoms with E-state index in [9.17, 15) is 29.1 Å². The Balaban J connectivity index is 1.18. The summed E-state index contributed by atoms with van der Waals surface area (Å²) in [5, 5.41) is 26.8. The number of β-lactam (4-membered cyclic amide) rings is 1. The quantitative estimate of drug-likeness (QED) is 0.203. The molecule has 1 unspecified atom stereocenters. The molecular formula is C25H36N10O6S. The fourth-order valence-electron chi connectivity index (χ4n) is 6.32. The Bertz CT molecular complexity index is 1270. The van der Waals surface area contributed by atoms with E-state index in [-0.39, 0.29) is 53.1 Å². The van der Waals surface area contributed by atoms with Crippen molar-refractivity contribution in [1.82, 2.24) is 45.5 Å². The van der Waals surface area contributed by atoms with Crippen LogP contribution in [0.25, 0.3) is 0 Å². The molecule has 5 N–H and O–H groups in total. The molecule has 4 amide bonds. The fourth-order valence-corrected chi connectivity index (χ4v) is 7.80. The number of nitrogens with zero attached hydrogens (tertiary/aromatic N) is 7. The third-order valence-electron chi connectivity index (χ3n) is 8.40. The number of aromatic nitrogens is 4. The van der Waals surface area contributed by atoms with Gasteiger partial charge in [-0.3, -0.25) is 19.2 Å². The maximum absolute atomic E-state index is 13.2. The smallest absolute Gasteiger partial charge is 0.353 e. The number of hydrogen-bond donors (Lipinski definition) is 4. The minimum atomic E-state index is -1.17. The molecule has 6 atom stereocenters. The number of carbonyl (C=O) groups is 5. The highest BCUT2D eigenvalue weighted by Gasteiger charge is 2.60. The number of hydrogen-bond acceptors (Lipinski definition) is 11. The first-order chi connectivity index (χ1) is 20.1. The van der Waals surface area contributed by atoms with Crippen LogP contribution in [0.2, 0.25) is 0 Å². The third kappa shape index (κ3) is 5.72. The number of carbonyl (C=O) groups excluding carboxylic acids is 4. The molecule has 16 nitrogen and oxygen atoms in total. The van der Waals surface area contributed by atoms with Crippen molar-refractivity contribution >= 4 is 41.4 Å². The molecule has 3 fully saturated rings. The number of piperazine rings is 1. The molecule has 0 saturated carbocycles. The molecule has 4 aliphatic heterocycles. The number of rotatable bonds is 10. The first-order valence-corrected chi connectivity index (χ1v) is 15.0. The van der Waals surface area contributed by atoms with Crippen LogP contribution >= 0.6 is 11.8 Å². The average molecular weight is 605 g/mol. The number of nitrogens with two attached hydrogens (primary N) is 1. The molecule has 5 rings (SSSR count). The third-order valence-corrected chi connectivity index (χ3v) is 9.91.